The van der Waals surface area contributed by atoms with E-state index in [1.54, 1.807) is 24.3 Å². The molecule has 2 aromatic carbocycles. The molecule has 0 saturated heterocycles. The van der Waals surface area contributed by atoms with Crippen molar-refractivity contribution in [2.24, 2.45) is 0 Å². The summed E-state index contributed by atoms with van der Waals surface area (Å²) in [5.74, 6) is 3.92. The lowest BCUT2D eigenvalue weighted by atomic mass is 10.1. The van der Waals surface area contributed by atoms with Gasteiger partial charge in [0.25, 0.3) is 5.91 Å². The van der Waals surface area contributed by atoms with Gasteiger partial charge in [0, 0.05) is 11.3 Å². The summed E-state index contributed by atoms with van der Waals surface area (Å²) in [6, 6.07) is 10.9. The Kier molecular flexibility index (Phi) is 4.94. The highest BCUT2D eigenvalue weighted by atomic mass is 35.5. The van der Waals surface area contributed by atoms with Crippen LogP contribution in [0.5, 0.6) is 0 Å². The fourth-order valence-corrected chi connectivity index (χ4v) is 1.83. The van der Waals surface area contributed by atoms with Crippen LogP contribution in [0.4, 0.5) is 10.1 Å². The monoisotopic (exact) mass is 303 g/mol. The number of carbonyl (C=O) groups excluding carboxylic acids is 1. The maximum absolute atomic E-state index is 13.7. The van der Waals surface area contributed by atoms with E-state index < -0.39 is 11.7 Å². The Bertz CT molecular complexity index is 717. The fourth-order valence-electron chi connectivity index (χ4n) is 1.66. The zero-order chi connectivity index (χ0) is 15.2. The summed E-state index contributed by atoms with van der Waals surface area (Å²) >= 11 is 5.64. The summed E-state index contributed by atoms with van der Waals surface area (Å²) < 4.78 is 13.7. The molecule has 5 heteroatoms. The van der Waals surface area contributed by atoms with Gasteiger partial charge in [-0.3, -0.25) is 4.79 Å². The van der Waals surface area contributed by atoms with Gasteiger partial charge in [-0.25, -0.2) is 4.39 Å². The number of aliphatic hydroxyl groups excluding tert-OH is 1. The van der Waals surface area contributed by atoms with Crippen molar-refractivity contribution in [2.45, 2.75) is 0 Å². The van der Waals surface area contributed by atoms with E-state index in [-0.39, 0.29) is 17.2 Å². The van der Waals surface area contributed by atoms with Crippen molar-refractivity contribution in [3.05, 3.63) is 64.4 Å². The number of rotatable bonds is 2. The number of hydrogen-bond acceptors (Lipinski definition) is 2. The van der Waals surface area contributed by atoms with E-state index in [2.05, 4.69) is 17.2 Å². The maximum atomic E-state index is 13.7. The summed E-state index contributed by atoms with van der Waals surface area (Å²) in [6.07, 6.45) is 0. The summed E-state index contributed by atoms with van der Waals surface area (Å²) in [4.78, 5) is 12.0. The Morgan fingerprint density at radius 3 is 2.62 bits per heavy atom. The summed E-state index contributed by atoms with van der Waals surface area (Å²) in [5.41, 5.74) is 1.09. The number of aliphatic hydroxyl groups is 1. The van der Waals surface area contributed by atoms with Gasteiger partial charge in [0.15, 0.2) is 5.82 Å². The van der Waals surface area contributed by atoms with Crippen LogP contribution in [0.3, 0.4) is 0 Å². The van der Waals surface area contributed by atoms with Crippen molar-refractivity contribution in [3.8, 4) is 11.8 Å². The molecule has 0 aromatic heterocycles. The molecule has 0 heterocycles. The average molecular weight is 304 g/mol. The molecule has 1 amide bonds. The van der Waals surface area contributed by atoms with Gasteiger partial charge in [-0.1, -0.05) is 29.5 Å². The lowest BCUT2D eigenvalue weighted by Crippen LogP contribution is -2.13. The first-order chi connectivity index (χ1) is 10.1. The lowest BCUT2D eigenvalue weighted by Gasteiger charge is -2.07. The van der Waals surface area contributed by atoms with Gasteiger partial charge < -0.3 is 10.4 Å². The molecule has 0 aliphatic rings. The first-order valence-corrected chi connectivity index (χ1v) is 6.45. The molecule has 2 N–H and O–H groups in total. The third-order valence-corrected chi connectivity index (χ3v) is 2.94. The number of nitrogens with one attached hydrogen (secondary N) is 1. The molecule has 0 bridgehead atoms. The van der Waals surface area contributed by atoms with Crippen LogP contribution in [0.25, 0.3) is 0 Å². The molecule has 106 valence electrons. The Balaban J connectivity index is 2.14. The molecule has 2 aromatic rings. The second-order valence-corrected chi connectivity index (χ2v) is 4.50. The van der Waals surface area contributed by atoms with Gasteiger partial charge in [0.2, 0.25) is 0 Å². The second-order valence-electron chi connectivity index (χ2n) is 4.09. The molecule has 3 nitrogen and oxygen atoms in total. The molecule has 0 unspecified atom stereocenters. The topological polar surface area (TPSA) is 49.3 Å². The second kappa shape index (κ2) is 6.89. The average Bonchev–Trinajstić information content (AvgIpc) is 2.49. The number of anilines is 1. The van der Waals surface area contributed by atoms with Crippen molar-refractivity contribution >= 4 is 23.2 Å². The van der Waals surface area contributed by atoms with Crippen molar-refractivity contribution in [1.82, 2.24) is 0 Å². The summed E-state index contributed by atoms with van der Waals surface area (Å²) in [7, 11) is 0. The van der Waals surface area contributed by atoms with Crippen LogP contribution in [-0.4, -0.2) is 17.6 Å². The van der Waals surface area contributed by atoms with E-state index in [0.29, 0.717) is 11.3 Å². The molecule has 0 aliphatic heterocycles. The van der Waals surface area contributed by atoms with Crippen LogP contribution in [0.2, 0.25) is 5.02 Å². The lowest BCUT2D eigenvalue weighted by molar-refractivity contribution is 0.102. The number of halogens is 2. The zero-order valence-corrected chi connectivity index (χ0v) is 11.6. The van der Waals surface area contributed by atoms with Gasteiger partial charge >= 0.3 is 0 Å². The molecule has 21 heavy (non-hydrogen) atoms. The number of carbonyl (C=O) groups is 1. The highest BCUT2D eigenvalue weighted by Gasteiger charge is 2.13. The van der Waals surface area contributed by atoms with E-state index >= 15 is 0 Å². The minimum atomic E-state index is -0.748. The van der Waals surface area contributed by atoms with E-state index in [1.165, 1.54) is 18.2 Å². The summed E-state index contributed by atoms with van der Waals surface area (Å²) in [5, 5.41) is 11.1. The van der Waals surface area contributed by atoms with Crippen LogP contribution in [0.15, 0.2) is 42.5 Å². The Labute approximate surface area is 126 Å². The Hall–Kier alpha value is -2.35. The molecular weight excluding hydrogens is 293 g/mol. The van der Waals surface area contributed by atoms with Crippen LogP contribution >= 0.6 is 11.6 Å². The quantitative estimate of drug-likeness (QED) is 0.838. The SMILES string of the molecule is O=C(Nc1ccc(C#CCO)cc1)c1cccc(Cl)c1F. The van der Waals surface area contributed by atoms with Crippen LogP contribution in [0, 0.1) is 17.7 Å². The third kappa shape index (κ3) is 3.82. The van der Waals surface area contributed by atoms with Gasteiger partial charge in [-0.2, -0.15) is 0 Å². The predicted octanol–water partition coefficient (Wildman–Crippen LogP) is 3.08. The number of amides is 1. The van der Waals surface area contributed by atoms with Crippen LogP contribution in [-0.2, 0) is 0 Å². The van der Waals surface area contributed by atoms with Crippen molar-refractivity contribution in [1.29, 1.82) is 0 Å². The highest BCUT2D eigenvalue weighted by molar-refractivity contribution is 6.31. The number of hydrogen-bond donors (Lipinski definition) is 2. The third-order valence-electron chi connectivity index (χ3n) is 2.65. The van der Waals surface area contributed by atoms with Gasteiger partial charge in [-0.15, -0.1) is 0 Å². The van der Waals surface area contributed by atoms with Crippen LogP contribution < -0.4 is 5.32 Å². The fraction of sp³-hybridized carbons (Fsp3) is 0.0625. The van der Waals surface area contributed by atoms with Gasteiger partial charge in [0.05, 0.1) is 10.6 Å². The molecule has 0 saturated carbocycles. The normalized spacial score (nSPS) is 9.67. The Morgan fingerprint density at radius 2 is 1.95 bits per heavy atom. The van der Waals surface area contributed by atoms with Gasteiger partial charge in [-0.05, 0) is 36.4 Å². The van der Waals surface area contributed by atoms with Crippen molar-refractivity contribution in [3.63, 3.8) is 0 Å². The minimum Gasteiger partial charge on any atom is -0.384 e. The zero-order valence-electron chi connectivity index (χ0n) is 10.9. The standard InChI is InChI=1S/C16H11ClFNO2/c17-14-5-1-4-13(15(14)18)16(21)19-12-8-6-11(7-9-12)3-2-10-20/h1,4-9,20H,10H2,(H,19,21). The minimum absolute atomic E-state index is 0.0997. The van der Waals surface area contributed by atoms with E-state index in [9.17, 15) is 9.18 Å². The van der Waals surface area contributed by atoms with Gasteiger partial charge in [0.1, 0.15) is 6.61 Å². The smallest absolute Gasteiger partial charge is 0.258 e. The highest BCUT2D eigenvalue weighted by Crippen LogP contribution is 2.19. The predicted molar refractivity (Wildman–Crippen MR) is 79.8 cm³/mol. The molecule has 0 radical (unpaired) electrons. The van der Waals surface area contributed by atoms with Crippen molar-refractivity contribution in [2.75, 3.05) is 11.9 Å². The first-order valence-electron chi connectivity index (χ1n) is 6.07. The molecular formula is C16H11ClFNO2. The molecule has 0 atom stereocenters. The van der Waals surface area contributed by atoms with E-state index in [1.807, 2.05) is 0 Å². The van der Waals surface area contributed by atoms with E-state index in [0.717, 1.165) is 0 Å². The molecule has 0 spiro atoms. The number of benzene rings is 2. The maximum Gasteiger partial charge on any atom is 0.258 e. The molecule has 2 rings (SSSR count). The van der Waals surface area contributed by atoms with Crippen LogP contribution in [0.1, 0.15) is 15.9 Å². The Morgan fingerprint density at radius 1 is 1.24 bits per heavy atom. The summed E-state index contributed by atoms with van der Waals surface area (Å²) in [6.45, 7) is -0.216. The van der Waals surface area contributed by atoms with E-state index in [4.69, 9.17) is 16.7 Å². The first kappa shape index (κ1) is 15.0. The molecule has 0 fully saturated rings. The molecule has 0 aliphatic carbocycles. The largest absolute Gasteiger partial charge is 0.384 e. The van der Waals surface area contributed by atoms with Crippen molar-refractivity contribution < 1.29 is 14.3 Å².